The van der Waals surface area contributed by atoms with Crippen LogP contribution in [0.4, 0.5) is 4.39 Å². The molecule has 45 heavy (non-hydrogen) atoms. The summed E-state index contributed by atoms with van der Waals surface area (Å²) in [5.74, 6) is 0.558. The van der Waals surface area contributed by atoms with Crippen molar-refractivity contribution >= 4 is 39.3 Å². The number of esters is 1. The maximum Gasteiger partial charge on any atom is 0.338 e. The van der Waals surface area contributed by atoms with Gasteiger partial charge >= 0.3 is 5.97 Å². The Kier molecular flexibility index (Phi) is 9.89. The van der Waals surface area contributed by atoms with Crippen LogP contribution in [0.15, 0.2) is 86.2 Å². The van der Waals surface area contributed by atoms with Crippen molar-refractivity contribution in [2.24, 2.45) is 4.99 Å². The molecule has 5 rings (SSSR count). The van der Waals surface area contributed by atoms with Gasteiger partial charge in [0.05, 0.1) is 35.6 Å². The van der Waals surface area contributed by atoms with Gasteiger partial charge in [-0.2, -0.15) is 0 Å². The van der Waals surface area contributed by atoms with Crippen LogP contribution in [-0.4, -0.2) is 30.4 Å². The summed E-state index contributed by atoms with van der Waals surface area (Å²) in [6.07, 6.45) is 1.61. The minimum Gasteiger partial charge on any atom is -0.493 e. The summed E-state index contributed by atoms with van der Waals surface area (Å²) < 4.78 is 39.3. The molecule has 0 aliphatic carbocycles. The second-order valence-corrected chi connectivity index (χ2v) is 12.3. The van der Waals surface area contributed by atoms with Gasteiger partial charge in [-0.1, -0.05) is 57.6 Å². The van der Waals surface area contributed by atoms with E-state index in [0.717, 1.165) is 0 Å². The van der Waals surface area contributed by atoms with Gasteiger partial charge in [0, 0.05) is 10.0 Å². The number of nitrogens with zero attached hydrogens (tertiary/aromatic N) is 2. The van der Waals surface area contributed by atoms with Crippen molar-refractivity contribution in [3.63, 3.8) is 0 Å². The normalized spacial score (nSPS) is 14.7. The molecule has 1 aliphatic heterocycles. The Morgan fingerprint density at radius 2 is 1.89 bits per heavy atom. The Balaban J connectivity index is 1.61. The zero-order chi connectivity index (χ0) is 32.2. The molecule has 8 nitrogen and oxygen atoms in total. The average Bonchev–Trinajstić information content (AvgIpc) is 3.30. The highest BCUT2D eigenvalue weighted by Crippen LogP contribution is 2.37. The molecule has 234 valence electrons. The van der Waals surface area contributed by atoms with Crippen LogP contribution in [0, 0.1) is 5.82 Å². The van der Waals surface area contributed by atoms with Crippen molar-refractivity contribution in [3.05, 3.63) is 119 Å². The van der Waals surface area contributed by atoms with E-state index >= 15 is 0 Å². The van der Waals surface area contributed by atoms with Crippen molar-refractivity contribution < 1.29 is 28.1 Å². The molecule has 0 bridgehead atoms. The van der Waals surface area contributed by atoms with Crippen LogP contribution in [0.2, 0.25) is 0 Å². The molecule has 0 radical (unpaired) electrons. The van der Waals surface area contributed by atoms with Gasteiger partial charge in [0.2, 0.25) is 0 Å². The second-order valence-electron chi connectivity index (χ2n) is 10.4. The van der Waals surface area contributed by atoms with Crippen molar-refractivity contribution in [3.8, 4) is 17.2 Å². The van der Waals surface area contributed by atoms with Gasteiger partial charge < -0.3 is 18.9 Å². The van der Waals surface area contributed by atoms with Gasteiger partial charge in [0.1, 0.15) is 24.2 Å². The molecule has 0 amide bonds. The first-order chi connectivity index (χ1) is 21.6. The molecule has 0 N–H and O–H groups in total. The number of thiazole rings is 1. The van der Waals surface area contributed by atoms with Crippen molar-refractivity contribution in [2.75, 3.05) is 13.7 Å². The lowest BCUT2D eigenvalue weighted by Gasteiger charge is -2.26. The number of hydrogen-bond donors (Lipinski definition) is 0. The topological polar surface area (TPSA) is 88.4 Å². The average molecular weight is 696 g/mol. The Hall–Kier alpha value is -4.22. The fourth-order valence-corrected chi connectivity index (χ4v) is 6.49. The van der Waals surface area contributed by atoms with Crippen molar-refractivity contribution in [2.45, 2.75) is 46.4 Å². The molecule has 2 heterocycles. The number of carbonyl (C=O) groups is 1. The van der Waals surface area contributed by atoms with E-state index in [4.69, 9.17) is 18.9 Å². The molecule has 0 fully saturated rings. The third-order valence-electron chi connectivity index (χ3n) is 6.95. The highest BCUT2D eigenvalue weighted by Gasteiger charge is 2.35. The minimum atomic E-state index is -0.811. The number of halogens is 2. The van der Waals surface area contributed by atoms with Crippen LogP contribution in [0.3, 0.4) is 0 Å². The number of methoxy groups -OCH3 is 1. The van der Waals surface area contributed by atoms with Crippen LogP contribution < -0.4 is 29.1 Å². The van der Waals surface area contributed by atoms with Gasteiger partial charge in [-0.15, -0.1) is 0 Å². The molecule has 0 saturated heterocycles. The van der Waals surface area contributed by atoms with Crippen LogP contribution in [0.1, 0.15) is 50.4 Å². The lowest BCUT2D eigenvalue weighted by molar-refractivity contribution is -0.139. The Bertz CT molecular complexity index is 1970. The van der Waals surface area contributed by atoms with Crippen LogP contribution in [0.25, 0.3) is 6.08 Å². The molecule has 0 unspecified atom stereocenters. The van der Waals surface area contributed by atoms with Crippen LogP contribution >= 0.6 is 27.3 Å². The van der Waals surface area contributed by atoms with E-state index in [-0.39, 0.29) is 36.3 Å². The van der Waals surface area contributed by atoms with Gasteiger partial charge in [0.15, 0.2) is 16.3 Å². The molecule has 3 aromatic carbocycles. The van der Waals surface area contributed by atoms with Crippen LogP contribution in [0.5, 0.6) is 17.2 Å². The largest absolute Gasteiger partial charge is 0.493 e. The van der Waals surface area contributed by atoms with Gasteiger partial charge in [-0.05, 0) is 75.2 Å². The van der Waals surface area contributed by atoms with E-state index in [2.05, 4.69) is 20.9 Å². The molecule has 11 heteroatoms. The third-order valence-corrected chi connectivity index (χ3v) is 8.62. The molecular formula is C34H32BrFN2O6S. The predicted molar refractivity (Wildman–Crippen MR) is 174 cm³/mol. The van der Waals surface area contributed by atoms with E-state index in [9.17, 15) is 14.0 Å². The van der Waals surface area contributed by atoms with E-state index in [1.54, 1.807) is 44.2 Å². The first kappa shape index (κ1) is 32.2. The Morgan fingerprint density at radius 3 is 2.60 bits per heavy atom. The summed E-state index contributed by atoms with van der Waals surface area (Å²) in [6, 6.07) is 16.2. The molecule has 0 spiro atoms. The van der Waals surface area contributed by atoms with Gasteiger partial charge in [-0.3, -0.25) is 9.36 Å². The molecule has 1 aliphatic rings. The molecule has 4 aromatic rings. The van der Waals surface area contributed by atoms with E-state index in [1.807, 2.05) is 38.1 Å². The summed E-state index contributed by atoms with van der Waals surface area (Å²) in [4.78, 5) is 32.6. The number of carbonyl (C=O) groups excluding carboxylic acids is 1. The molecular weight excluding hydrogens is 663 g/mol. The number of benzene rings is 3. The number of fused-ring (bicyclic) bond motifs is 1. The summed E-state index contributed by atoms with van der Waals surface area (Å²) >= 11 is 4.81. The fourth-order valence-electron chi connectivity index (χ4n) is 5.02. The highest BCUT2D eigenvalue weighted by atomic mass is 79.9. The molecule has 1 atom stereocenters. The van der Waals surface area contributed by atoms with E-state index in [1.165, 1.54) is 35.1 Å². The maximum atomic E-state index is 14.2. The number of ether oxygens (including phenoxy) is 4. The van der Waals surface area contributed by atoms with Gasteiger partial charge in [-0.25, -0.2) is 14.2 Å². The minimum absolute atomic E-state index is 0.133. The first-order valence-corrected chi connectivity index (χ1v) is 15.9. The predicted octanol–water partition coefficient (Wildman–Crippen LogP) is 6.07. The Morgan fingerprint density at radius 1 is 1.11 bits per heavy atom. The lowest BCUT2D eigenvalue weighted by Crippen LogP contribution is -2.40. The number of para-hydroxylation sites is 1. The number of allylic oxidation sites excluding steroid dienone is 1. The monoisotopic (exact) mass is 694 g/mol. The SMILES string of the molecule is CCOC(=O)C1=C(C)N=c2s/c(=C/c3cc(OC)c(OCc4cccc(F)c4)cc3Br)c(=O)n2[C@@H]1c1ccccc1OC(C)C. The zero-order valence-corrected chi connectivity index (χ0v) is 27.8. The van der Waals surface area contributed by atoms with Crippen LogP contribution in [-0.2, 0) is 16.1 Å². The Labute approximate surface area is 272 Å². The molecule has 0 saturated carbocycles. The smallest absolute Gasteiger partial charge is 0.338 e. The summed E-state index contributed by atoms with van der Waals surface area (Å²) in [5, 5.41) is 0. The molecule has 1 aromatic heterocycles. The van der Waals surface area contributed by atoms with E-state index < -0.39 is 12.0 Å². The van der Waals surface area contributed by atoms with Gasteiger partial charge in [0.25, 0.3) is 5.56 Å². The standard InChI is InChI=1S/C34H32BrFN2O6S/c1-6-42-33(40)30-20(4)37-34-38(31(30)24-12-7-8-13-26(24)44-19(2)3)32(39)29(45-34)16-22-15-27(41-5)28(17-25(22)35)43-18-21-10-9-11-23(36)14-21/h7-17,19,31H,6,18H2,1-5H3/b29-16+/t31-/m1/s1. The lowest BCUT2D eigenvalue weighted by atomic mass is 9.95. The maximum absolute atomic E-state index is 14.2. The first-order valence-electron chi connectivity index (χ1n) is 14.3. The number of aromatic nitrogens is 1. The third kappa shape index (κ3) is 6.89. The number of hydrogen-bond acceptors (Lipinski definition) is 8. The quantitative estimate of drug-likeness (QED) is 0.187. The highest BCUT2D eigenvalue weighted by molar-refractivity contribution is 9.10. The van der Waals surface area contributed by atoms with E-state index in [0.29, 0.717) is 53.4 Å². The second kappa shape index (κ2) is 13.8. The summed E-state index contributed by atoms with van der Waals surface area (Å²) in [5.41, 5.74) is 2.41. The fraction of sp³-hybridized carbons (Fsp3) is 0.265. The summed E-state index contributed by atoms with van der Waals surface area (Å²) in [6.45, 7) is 7.63. The summed E-state index contributed by atoms with van der Waals surface area (Å²) in [7, 11) is 1.52. The zero-order valence-electron chi connectivity index (χ0n) is 25.4. The van der Waals surface area contributed by atoms with Crippen molar-refractivity contribution in [1.82, 2.24) is 4.57 Å². The number of rotatable bonds is 10. The van der Waals surface area contributed by atoms with Crippen molar-refractivity contribution in [1.29, 1.82) is 0 Å².